The second kappa shape index (κ2) is 8.34. The lowest BCUT2D eigenvalue weighted by molar-refractivity contribution is -0.00430. The van der Waals surface area contributed by atoms with E-state index in [2.05, 4.69) is 0 Å². The van der Waals surface area contributed by atoms with Crippen molar-refractivity contribution in [1.82, 2.24) is 4.90 Å². The monoisotopic (exact) mass is 421 g/mol. The predicted octanol–water partition coefficient (Wildman–Crippen LogP) is 3.38. The zero-order valence-corrected chi connectivity index (χ0v) is 17.4. The first kappa shape index (κ1) is 21.0. The van der Waals surface area contributed by atoms with E-state index >= 15 is 0 Å². The van der Waals surface area contributed by atoms with Gasteiger partial charge in [0.25, 0.3) is 10.1 Å². The van der Waals surface area contributed by atoms with Crippen molar-refractivity contribution in [3.8, 4) is 0 Å². The molecule has 2 aromatic carbocycles. The maximum atomic E-state index is 13.1. The lowest BCUT2D eigenvalue weighted by Crippen LogP contribution is -2.54. The molecule has 0 aliphatic carbocycles. The van der Waals surface area contributed by atoms with E-state index in [1.54, 1.807) is 12.1 Å². The SMILES string of the molecule is CC(C)(C(=O)c1ccc(Sc2ccccc2)c(S(=O)(=O)O)c1)N1CCOCC1. The van der Waals surface area contributed by atoms with Gasteiger partial charge >= 0.3 is 0 Å². The Kier molecular flexibility index (Phi) is 6.26. The van der Waals surface area contributed by atoms with E-state index in [0.29, 0.717) is 31.2 Å². The van der Waals surface area contributed by atoms with E-state index in [4.69, 9.17) is 4.74 Å². The second-order valence-corrected chi connectivity index (χ2v) is 9.54. The van der Waals surface area contributed by atoms with Gasteiger partial charge in [0.2, 0.25) is 0 Å². The summed E-state index contributed by atoms with van der Waals surface area (Å²) < 4.78 is 39.0. The van der Waals surface area contributed by atoms with Crippen LogP contribution in [0.1, 0.15) is 24.2 Å². The van der Waals surface area contributed by atoms with Crippen molar-refractivity contribution >= 4 is 27.7 Å². The number of benzene rings is 2. The highest BCUT2D eigenvalue weighted by Crippen LogP contribution is 2.34. The molecule has 6 nitrogen and oxygen atoms in total. The summed E-state index contributed by atoms with van der Waals surface area (Å²) >= 11 is 1.22. The molecule has 1 aliphatic rings. The van der Waals surface area contributed by atoms with Gasteiger partial charge < -0.3 is 4.74 Å². The van der Waals surface area contributed by atoms with Crippen molar-refractivity contribution in [2.45, 2.75) is 34.1 Å². The van der Waals surface area contributed by atoms with Gasteiger partial charge in [0.05, 0.1) is 18.8 Å². The van der Waals surface area contributed by atoms with Crippen molar-refractivity contribution in [2.75, 3.05) is 26.3 Å². The van der Waals surface area contributed by atoms with E-state index in [1.165, 1.54) is 17.8 Å². The van der Waals surface area contributed by atoms with E-state index in [0.717, 1.165) is 4.90 Å². The summed E-state index contributed by atoms with van der Waals surface area (Å²) in [7, 11) is -4.49. The number of morpholine rings is 1. The molecule has 0 saturated carbocycles. The molecule has 150 valence electrons. The molecule has 1 saturated heterocycles. The summed E-state index contributed by atoms with van der Waals surface area (Å²) in [6.45, 7) is 6.01. The van der Waals surface area contributed by atoms with Gasteiger partial charge in [-0.25, -0.2) is 0 Å². The first-order valence-corrected chi connectivity index (χ1v) is 11.2. The Labute approximate surface area is 169 Å². The standard InChI is InChI=1S/C20H23NO5S2/c1-20(2,21-10-12-26-13-11-21)19(22)15-8-9-17(18(14-15)28(23,24)25)27-16-6-4-3-5-7-16/h3-9,14H,10-13H2,1-2H3,(H,23,24,25). The summed E-state index contributed by atoms with van der Waals surface area (Å²) in [5, 5.41) is 0. The average Bonchev–Trinajstić information content (AvgIpc) is 2.68. The molecular weight excluding hydrogens is 398 g/mol. The van der Waals surface area contributed by atoms with Crippen molar-refractivity contribution in [3.63, 3.8) is 0 Å². The number of rotatable bonds is 6. The molecule has 0 amide bonds. The first-order chi connectivity index (χ1) is 13.2. The Morgan fingerprint density at radius 3 is 2.36 bits per heavy atom. The fourth-order valence-electron chi connectivity index (χ4n) is 3.17. The third-order valence-electron chi connectivity index (χ3n) is 4.81. The highest BCUT2D eigenvalue weighted by atomic mass is 32.2. The van der Waals surface area contributed by atoms with Crippen molar-refractivity contribution in [3.05, 3.63) is 54.1 Å². The van der Waals surface area contributed by atoms with Crippen molar-refractivity contribution in [1.29, 1.82) is 0 Å². The molecule has 1 heterocycles. The van der Waals surface area contributed by atoms with Crippen LogP contribution in [0.4, 0.5) is 0 Å². The molecule has 0 spiro atoms. The fraction of sp³-hybridized carbons (Fsp3) is 0.350. The van der Waals surface area contributed by atoms with Gasteiger partial charge in [-0.15, -0.1) is 0 Å². The Morgan fingerprint density at radius 2 is 1.75 bits per heavy atom. The maximum Gasteiger partial charge on any atom is 0.295 e. The second-order valence-electron chi connectivity index (χ2n) is 7.04. The minimum atomic E-state index is -4.49. The van der Waals surface area contributed by atoms with Gasteiger partial charge in [-0.3, -0.25) is 14.2 Å². The summed E-state index contributed by atoms with van der Waals surface area (Å²) in [6, 6.07) is 13.7. The summed E-state index contributed by atoms with van der Waals surface area (Å²) in [5.41, 5.74) is -0.560. The van der Waals surface area contributed by atoms with Crippen LogP contribution >= 0.6 is 11.8 Å². The summed E-state index contributed by atoms with van der Waals surface area (Å²) in [5.74, 6) is -0.199. The quantitative estimate of drug-likeness (QED) is 0.565. The molecule has 0 unspecified atom stereocenters. The van der Waals surface area contributed by atoms with Gasteiger partial charge in [0, 0.05) is 28.4 Å². The number of carbonyl (C=O) groups is 1. The lowest BCUT2D eigenvalue weighted by atomic mass is 9.91. The van der Waals surface area contributed by atoms with Crippen LogP contribution in [0.5, 0.6) is 0 Å². The van der Waals surface area contributed by atoms with Crippen LogP contribution in [0.3, 0.4) is 0 Å². The number of hydrogen-bond donors (Lipinski definition) is 1. The molecule has 0 bridgehead atoms. The number of Topliss-reactive ketones (excluding diaryl/α,β-unsaturated/α-hetero) is 1. The Morgan fingerprint density at radius 1 is 1.11 bits per heavy atom. The zero-order valence-electron chi connectivity index (χ0n) is 15.8. The molecule has 1 aliphatic heterocycles. The highest BCUT2D eigenvalue weighted by Gasteiger charge is 2.36. The van der Waals surface area contributed by atoms with Crippen LogP contribution in [0.2, 0.25) is 0 Å². The molecule has 1 fully saturated rings. The van der Waals surface area contributed by atoms with Gasteiger partial charge in [0.1, 0.15) is 4.90 Å². The van der Waals surface area contributed by atoms with Gasteiger partial charge in [0.15, 0.2) is 5.78 Å². The smallest absolute Gasteiger partial charge is 0.295 e. The van der Waals surface area contributed by atoms with Gasteiger partial charge in [-0.05, 0) is 38.1 Å². The van der Waals surface area contributed by atoms with Crippen LogP contribution in [-0.2, 0) is 14.9 Å². The average molecular weight is 422 g/mol. The number of hydrogen-bond acceptors (Lipinski definition) is 6. The van der Waals surface area contributed by atoms with Crippen molar-refractivity contribution in [2.24, 2.45) is 0 Å². The lowest BCUT2D eigenvalue weighted by Gasteiger charge is -2.39. The normalized spacial score (nSPS) is 16.1. The molecule has 2 aromatic rings. The number of ether oxygens (including phenoxy) is 1. The summed E-state index contributed by atoms with van der Waals surface area (Å²) in [6.07, 6.45) is 0. The van der Waals surface area contributed by atoms with Crippen LogP contribution in [0, 0.1) is 0 Å². The number of carbonyl (C=O) groups excluding carboxylic acids is 1. The van der Waals surface area contributed by atoms with Gasteiger partial charge in [-0.1, -0.05) is 36.0 Å². The van der Waals surface area contributed by atoms with E-state index < -0.39 is 15.7 Å². The molecule has 0 radical (unpaired) electrons. The number of nitrogens with zero attached hydrogens (tertiary/aromatic N) is 1. The summed E-state index contributed by atoms with van der Waals surface area (Å²) in [4.78, 5) is 16.1. The Balaban J connectivity index is 1.95. The highest BCUT2D eigenvalue weighted by molar-refractivity contribution is 8.00. The Hall–Kier alpha value is -1.71. The topological polar surface area (TPSA) is 83.9 Å². The predicted molar refractivity (Wildman–Crippen MR) is 108 cm³/mol. The minimum Gasteiger partial charge on any atom is -0.379 e. The molecule has 8 heteroatoms. The largest absolute Gasteiger partial charge is 0.379 e. The Bertz CT molecular complexity index is 952. The van der Waals surface area contributed by atoms with Gasteiger partial charge in [-0.2, -0.15) is 8.42 Å². The van der Waals surface area contributed by atoms with E-state index in [9.17, 15) is 17.8 Å². The molecule has 3 rings (SSSR count). The van der Waals surface area contributed by atoms with Crippen LogP contribution < -0.4 is 0 Å². The molecule has 0 atom stereocenters. The maximum absolute atomic E-state index is 13.1. The first-order valence-electron chi connectivity index (χ1n) is 8.91. The third kappa shape index (κ3) is 4.64. The zero-order chi connectivity index (χ0) is 20.4. The molecule has 1 N–H and O–H groups in total. The molecular formula is C20H23NO5S2. The minimum absolute atomic E-state index is 0.199. The van der Waals surface area contributed by atoms with Crippen LogP contribution in [-0.4, -0.2) is 55.5 Å². The van der Waals surface area contributed by atoms with E-state index in [-0.39, 0.29) is 16.2 Å². The molecule has 28 heavy (non-hydrogen) atoms. The van der Waals surface area contributed by atoms with Crippen molar-refractivity contribution < 1.29 is 22.5 Å². The van der Waals surface area contributed by atoms with E-state index in [1.807, 2.05) is 49.1 Å². The third-order valence-corrected chi connectivity index (χ3v) is 6.92. The van der Waals surface area contributed by atoms with Crippen LogP contribution in [0.15, 0.2) is 63.2 Å². The number of ketones is 1. The van der Waals surface area contributed by atoms with Crippen LogP contribution in [0.25, 0.3) is 0 Å². The molecule has 0 aromatic heterocycles. The fourth-order valence-corrected chi connectivity index (χ4v) is 5.05.